The highest BCUT2D eigenvalue weighted by Crippen LogP contribution is 2.33. The van der Waals surface area contributed by atoms with Gasteiger partial charge < -0.3 is 15.0 Å². The number of carbonyl (C=O) groups is 2. The fourth-order valence-corrected chi connectivity index (χ4v) is 6.90. The second-order valence-electron chi connectivity index (χ2n) is 10.1. The summed E-state index contributed by atoms with van der Waals surface area (Å²) in [4.78, 5) is 28.9. The van der Waals surface area contributed by atoms with Crippen molar-refractivity contribution in [2.24, 2.45) is 0 Å². The van der Waals surface area contributed by atoms with Crippen molar-refractivity contribution in [3.05, 3.63) is 88.4 Å². The van der Waals surface area contributed by atoms with Crippen molar-refractivity contribution in [1.82, 2.24) is 10.2 Å². The van der Waals surface area contributed by atoms with E-state index in [1.54, 1.807) is 74.5 Å². The first-order valence-corrected chi connectivity index (χ1v) is 16.1. The molecule has 1 saturated carbocycles. The summed E-state index contributed by atoms with van der Waals surface area (Å²) < 4.78 is 34.8. The second-order valence-corrected chi connectivity index (χ2v) is 12.9. The average Bonchev–Trinajstić information content (AvgIpc) is 3.49. The van der Waals surface area contributed by atoms with E-state index < -0.39 is 28.5 Å². The second kappa shape index (κ2) is 14.3. The van der Waals surface area contributed by atoms with E-state index in [2.05, 4.69) is 5.32 Å². The Hall–Kier alpha value is -3.27. The zero-order valence-corrected chi connectivity index (χ0v) is 26.0. The van der Waals surface area contributed by atoms with Gasteiger partial charge in [-0.2, -0.15) is 0 Å². The molecule has 3 aromatic carbocycles. The number of sulfonamides is 1. The van der Waals surface area contributed by atoms with Crippen LogP contribution in [0.4, 0.5) is 5.69 Å². The summed E-state index contributed by atoms with van der Waals surface area (Å²) in [5.74, 6) is -0.583. The van der Waals surface area contributed by atoms with Crippen molar-refractivity contribution in [3.63, 3.8) is 0 Å². The number of hydrogen-bond acceptors (Lipinski definition) is 5. The third-order valence-corrected chi connectivity index (χ3v) is 9.63. The summed E-state index contributed by atoms with van der Waals surface area (Å²) in [6.07, 6.45) is 3.83. The highest BCUT2D eigenvalue weighted by atomic mass is 35.5. The van der Waals surface area contributed by atoms with E-state index >= 15 is 0 Å². The van der Waals surface area contributed by atoms with Crippen LogP contribution in [0.2, 0.25) is 10.0 Å². The van der Waals surface area contributed by atoms with Crippen molar-refractivity contribution < 1.29 is 22.7 Å². The van der Waals surface area contributed by atoms with Crippen LogP contribution in [0.15, 0.2) is 77.7 Å². The van der Waals surface area contributed by atoms with E-state index in [1.807, 2.05) is 0 Å². The molecule has 0 aromatic heterocycles. The third kappa shape index (κ3) is 7.56. The summed E-state index contributed by atoms with van der Waals surface area (Å²) in [7, 11) is -4.21. The van der Waals surface area contributed by atoms with E-state index in [0.717, 1.165) is 30.0 Å². The molecule has 2 amide bonds. The van der Waals surface area contributed by atoms with Gasteiger partial charge in [0.25, 0.3) is 10.0 Å². The minimum Gasteiger partial charge on any atom is -0.492 e. The zero-order chi connectivity index (χ0) is 30.3. The smallest absolute Gasteiger partial charge is 0.264 e. The zero-order valence-electron chi connectivity index (χ0n) is 23.6. The Bertz CT molecular complexity index is 1500. The maximum absolute atomic E-state index is 14.2. The monoisotopic (exact) mass is 631 g/mol. The number of ether oxygens (including phenoxy) is 1. The molecule has 0 unspecified atom stereocenters. The minimum absolute atomic E-state index is 0.0171. The molecule has 11 heteroatoms. The Morgan fingerprint density at radius 3 is 2.33 bits per heavy atom. The highest BCUT2D eigenvalue weighted by molar-refractivity contribution is 7.92. The molecular formula is C31H35Cl2N3O5S. The minimum atomic E-state index is -4.21. The van der Waals surface area contributed by atoms with Gasteiger partial charge in [0.2, 0.25) is 11.8 Å². The number of nitrogens with one attached hydrogen (secondary N) is 1. The molecule has 8 nitrogen and oxygen atoms in total. The molecule has 0 aliphatic heterocycles. The van der Waals surface area contributed by atoms with Gasteiger partial charge in [-0.25, -0.2) is 8.42 Å². The number of benzene rings is 3. The van der Waals surface area contributed by atoms with Gasteiger partial charge in [0.1, 0.15) is 18.3 Å². The topological polar surface area (TPSA) is 96.0 Å². The predicted molar refractivity (Wildman–Crippen MR) is 165 cm³/mol. The lowest BCUT2D eigenvalue weighted by atomic mass is 10.1. The van der Waals surface area contributed by atoms with Crippen LogP contribution in [0.5, 0.6) is 5.75 Å². The summed E-state index contributed by atoms with van der Waals surface area (Å²) in [5.41, 5.74) is 0.784. The number of amides is 2. The lowest BCUT2D eigenvalue weighted by molar-refractivity contribution is -0.139. The molecule has 0 saturated heterocycles. The number of halogens is 2. The molecule has 1 N–H and O–H groups in total. The molecule has 0 spiro atoms. The molecule has 0 bridgehead atoms. The quantitative estimate of drug-likeness (QED) is 0.262. The Morgan fingerprint density at radius 1 is 1.00 bits per heavy atom. The van der Waals surface area contributed by atoms with E-state index in [1.165, 1.54) is 17.0 Å². The third-order valence-electron chi connectivity index (χ3n) is 7.27. The van der Waals surface area contributed by atoms with Crippen LogP contribution in [0, 0.1) is 0 Å². The molecular weight excluding hydrogens is 597 g/mol. The van der Waals surface area contributed by atoms with E-state index in [-0.39, 0.29) is 29.1 Å². The van der Waals surface area contributed by atoms with Crippen molar-refractivity contribution in [1.29, 1.82) is 0 Å². The van der Waals surface area contributed by atoms with Gasteiger partial charge in [0.15, 0.2) is 0 Å². The molecule has 42 heavy (non-hydrogen) atoms. The van der Waals surface area contributed by atoms with Crippen LogP contribution >= 0.6 is 23.2 Å². The Labute approximate surface area is 257 Å². The van der Waals surface area contributed by atoms with Crippen LogP contribution in [0.3, 0.4) is 0 Å². The Balaban J connectivity index is 1.73. The van der Waals surface area contributed by atoms with Crippen LogP contribution in [0.25, 0.3) is 0 Å². The molecule has 0 radical (unpaired) electrons. The van der Waals surface area contributed by atoms with Crippen LogP contribution in [0.1, 0.15) is 45.1 Å². The number of nitrogens with zero attached hydrogens (tertiary/aromatic N) is 2. The molecule has 1 aliphatic rings. The fourth-order valence-electron chi connectivity index (χ4n) is 4.98. The van der Waals surface area contributed by atoms with E-state index in [0.29, 0.717) is 28.0 Å². The van der Waals surface area contributed by atoms with Gasteiger partial charge in [-0.15, -0.1) is 0 Å². The first kappa shape index (κ1) is 31.7. The van der Waals surface area contributed by atoms with Gasteiger partial charge >= 0.3 is 0 Å². The van der Waals surface area contributed by atoms with Gasteiger partial charge in [-0.3, -0.25) is 13.9 Å². The summed E-state index contributed by atoms with van der Waals surface area (Å²) in [6.45, 7) is 3.12. The van der Waals surface area contributed by atoms with Gasteiger partial charge in [0.05, 0.1) is 17.2 Å². The molecule has 0 heterocycles. The average molecular weight is 633 g/mol. The lowest BCUT2D eigenvalue weighted by Gasteiger charge is -2.33. The lowest BCUT2D eigenvalue weighted by Crippen LogP contribution is -2.52. The number of para-hydroxylation sites is 2. The number of carbonyl (C=O) groups excluding carboxylic acids is 2. The summed E-state index contributed by atoms with van der Waals surface area (Å²) >= 11 is 12.6. The van der Waals surface area contributed by atoms with Gasteiger partial charge in [-0.05, 0) is 68.7 Å². The molecule has 1 aliphatic carbocycles. The first-order chi connectivity index (χ1) is 20.1. The molecule has 1 fully saturated rings. The predicted octanol–water partition coefficient (Wildman–Crippen LogP) is 6.06. The van der Waals surface area contributed by atoms with Crippen LogP contribution < -0.4 is 14.4 Å². The van der Waals surface area contributed by atoms with Crippen molar-refractivity contribution in [3.8, 4) is 5.75 Å². The van der Waals surface area contributed by atoms with Crippen LogP contribution in [-0.4, -0.2) is 50.4 Å². The molecule has 1 atom stereocenters. The number of rotatable bonds is 12. The molecule has 224 valence electrons. The van der Waals surface area contributed by atoms with E-state index in [4.69, 9.17) is 27.9 Å². The number of anilines is 1. The summed E-state index contributed by atoms with van der Waals surface area (Å²) in [5, 5.41) is 3.82. The molecule has 3 aromatic rings. The maximum atomic E-state index is 14.2. The Morgan fingerprint density at radius 2 is 1.67 bits per heavy atom. The standard InChI is InChI=1S/C31H35Cl2N3O5S/c1-3-41-29-16-10-9-15-28(29)36(42(39,40)26-13-5-4-6-14-26)21-30(37)35(20-23-17-18-24(32)19-27(23)33)22(2)31(38)34-25-11-7-8-12-25/h4-6,9-10,13-19,22,25H,3,7-8,11-12,20-21H2,1-2H3,(H,34,38)/t22-/m0/s1. The largest absolute Gasteiger partial charge is 0.492 e. The van der Waals surface area contributed by atoms with Crippen molar-refractivity contribution >= 4 is 50.7 Å². The SMILES string of the molecule is CCOc1ccccc1N(CC(=O)N(Cc1ccc(Cl)cc1Cl)[C@@H](C)C(=O)NC1CCCC1)S(=O)(=O)c1ccccc1. The first-order valence-electron chi connectivity index (χ1n) is 13.9. The molecule has 4 rings (SSSR count). The van der Waals surface area contributed by atoms with Crippen molar-refractivity contribution in [2.45, 2.75) is 63.1 Å². The Kier molecular flexibility index (Phi) is 10.8. The highest BCUT2D eigenvalue weighted by Gasteiger charge is 2.34. The normalized spacial score (nSPS) is 14.3. The van der Waals surface area contributed by atoms with Crippen molar-refractivity contribution in [2.75, 3.05) is 17.5 Å². The number of hydrogen-bond donors (Lipinski definition) is 1. The van der Waals surface area contributed by atoms with Crippen LogP contribution in [-0.2, 0) is 26.2 Å². The van der Waals surface area contributed by atoms with Gasteiger partial charge in [0, 0.05) is 22.6 Å². The van der Waals surface area contributed by atoms with Gasteiger partial charge in [-0.1, -0.05) is 72.4 Å². The maximum Gasteiger partial charge on any atom is 0.264 e. The summed E-state index contributed by atoms with van der Waals surface area (Å²) in [6, 6.07) is 18.6. The fraction of sp³-hybridized carbons (Fsp3) is 0.355. The van der Waals surface area contributed by atoms with E-state index in [9.17, 15) is 18.0 Å².